The second kappa shape index (κ2) is 8.62. The predicted molar refractivity (Wildman–Crippen MR) is 104 cm³/mol. The smallest absolute Gasteiger partial charge is 0.271 e. The van der Waals surface area contributed by atoms with E-state index in [4.69, 9.17) is 0 Å². The molecule has 0 atom stereocenters. The maximum Gasteiger partial charge on any atom is 0.271 e. The van der Waals surface area contributed by atoms with Crippen LogP contribution in [0, 0.1) is 0 Å². The zero-order chi connectivity index (χ0) is 18.4. The van der Waals surface area contributed by atoms with Crippen molar-refractivity contribution in [2.45, 2.75) is 12.8 Å². The molecular formula is C19H26N6O. The Morgan fingerprint density at radius 2 is 1.81 bits per heavy atom. The van der Waals surface area contributed by atoms with Gasteiger partial charge in [-0.25, -0.2) is 0 Å². The number of aromatic nitrogens is 2. The number of carbonyl (C=O) groups excluding carboxylic acids is 1. The van der Waals surface area contributed by atoms with Gasteiger partial charge in [0.2, 0.25) is 0 Å². The first-order chi connectivity index (χ1) is 12.6. The molecule has 0 spiro atoms. The average Bonchev–Trinajstić information content (AvgIpc) is 3.17. The molecule has 2 heterocycles. The third kappa shape index (κ3) is 4.92. The van der Waals surface area contributed by atoms with Crippen molar-refractivity contribution in [3.8, 4) is 0 Å². The first-order valence-corrected chi connectivity index (χ1v) is 9.00. The molecule has 1 aromatic heterocycles. The van der Waals surface area contributed by atoms with Gasteiger partial charge in [-0.15, -0.1) is 10.2 Å². The summed E-state index contributed by atoms with van der Waals surface area (Å²) in [5, 5.41) is 14.1. The minimum absolute atomic E-state index is 0.208. The summed E-state index contributed by atoms with van der Waals surface area (Å²) in [7, 11) is 3.92. The highest BCUT2D eigenvalue weighted by molar-refractivity contribution is 5.92. The highest BCUT2D eigenvalue weighted by atomic mass is 16.1. The number of benzene rings is 1. The molecule has 1 aromatic carbocycles. The van der Waals surface area contributed by atoms with E-state index in [9.17, 15) is 4.79 Å². The van der Waals surface area contributed by atoms with Gasteiger partial charge in [0.1, 0.15) is 0 Å². The Kier molecular flexibility index (Phi) is 6.01. The summed E-state index contributed by atoms with van der Waals surface area (Å²) in [6, 6.07) is 11.8. The largest absolute Gasteiger partial charge is 0.372 e. The number of hydrogen-bond acceptors (Lipinski definition) is 6. The Labute approximate surface area is 154 Å². The lowest BCUT2D eigenvalue weighted by Gasteiger charge is -2.17. The summed E-state index contributed by atoms with van der Waals surface area (Å²) in [6.45, 7) is 3.63. The molecule has 0 radical (unpaired) electrons. The number of nitrogens with one attached hydrogen (secondary N) is 2. The molecule has 0 saturated carbocycles. The zero-order valence-corrected chi connectivity index (χ0v) is 15.4. The van der Waals surface area contributed by atoms with Gasteiger partial charge in [-0.2, -0.15) is 0 Å². The molecule has 1 saturated heterocycles. The Morgan fingerprint density at radius 1 is 1.08 bits per heavy atom. The minimum Gasteiger partial charge on any atom is -0.372 e. The summed E-state index contributed by atoms with van der Waals surface area (Å²) < 4.78 is 0. The fourth-order valence-corrected chi connectivity index (χ4v) is 2.88. The van der Waals surface area contributed by atoms with E-state index >= 15 is 0 Å². The number of amides is 1. The molecule has 1 aliphatic rings. The van der Waals surface area contributed by atoms with Crippen LogP contribution in [-0.2, 0) is 0 Å². The highest BCUT2D eigenvalue weighted by Gasteiger charge is 2.12. The van der Waals surface area contributed by atoms with Gasteiger partial charge >= 0.3 is 0 Å². The zero-order valence-electron chi connectivity index (χ0n) is 15.4. The van der Waals surface area contributed by atoms with E-state index in [1.807, 2.05) is 31.1 Å². The van der Waals surface area contributed by atoms with Crippen LogP contribution in [0.15, 0.2) is 36.4 Å². The molecule has 26 heavy (non-hydrogen) atoms. The maximum absolute atomic E-state index is 12.0. The van der Waals surface area contributed by atoms with Gasteiger partial charge in [0.05, 0.1) is 0 Å². The summed E-state index contributed by atoms with van der Waals surface area (Å²) in [4.78, 5) is 16.4. The number of rotatable bonds is 7. The Bertz CT molecular complexity index is 708. The first kappa shape index (κ1) is 18.1. The van der Waals surface area contributed by atoms with Crippen molar-refractivity contribution in [2.24, 2.45) is 0 Å². The number of anilines is 3. The average molecular weight is 354 g/mol. The van der Waals surface area contributed by atoms with Gasteiger partial charge in [-0.3, -0.25) is 4.79 Å². The van der Waals surface area contributed by atoms with Crippen molar-refractivity contribution in [1.82, 2.24) is 20.4 Å². The molecule has 1 fully saturated rings. The van der Waals surface area contributed by atoms with Gasteiger partial charge in [0, 0.05) is 37.6 Å². The Hall–Kier alpha value is -2.67. The molecule has 0 bridgehead atoms. The molecule has 0 unspecified atom stereocenters. The van der Waals surface area contributed by atoms with E-state index in [0.29, 0.717) is 18.1 Å². The van der Waals surface area contributed by atoms with E-state index in [0.717, 1.165) is 25.3 Å². The quantitative estimate of drug-likeness (QED) is 0.793. The third-order valence-electron chi connectivity index (χ3n) is 4.35. The van der Waals surface area contributed by atoms with Crippen molar-refractivity contribution in [3.63, 3.8) is 0 Å². The van der Waals surface area contributed by atoms with E-state index in [1.165, 1.54) is 18.5 Å². The fourth-order valence-electron chi connectivity index (χ4n) is 2.88. The maximum atomic E-state index is 12.0. The molecule has 2 aromatic rings. The van der Waals surface area contributed by atoms with Crippen LogP contribution >= 0.6 is 0 Å². The standard InChI is InChI=1S/C19H26N6O/c1-24(2)14-11-20-19(26)17-9-10-18(23-22-17)21-15-5-7-16(8-6-15)25-12-3-4-13-25/h5-10H,3-4,11-14H2,1-2H3,(H,20,26)(H,21,23). The second-order valence-corrected chi connectivity index (χ2v) is 6.73. The molecule has 2 N–H and O–H groups in total. The number of likely N-dealkylation sites (N-methyl/N-ethyl adjacent to an activating group) is 1. The lowest BCUT2D eigenvalue weighted by atomic mass is 10.2. The minimum atomic E-state index is -0.208. The summed E-state index contributed by atoms with van der Waals surface area (Å²) in [6.07, 6.45) is 2.54. The van der Waals surface area contributed by atoms with Crippen LogP contribution in [0.1, 0.15) is 23.3 Å². The number of nitrogens with zero attached hydrogens (tertiary/aromatic N) is 4. The van der Waals surface area contributed by atoms with Gasteiger partial charge in [0.25, 0.3) is 5.91 Å². The van der Waals surface area contributed by atoms with Crippen molar-refractivity contribution >= 4 is 23.1 Å². The first-order valence-electron chi connectivity index (χ1n) is 9.00. The molecule has 7 heteroatoms. The molecule has 3 rings (SSSR count). The highest BCUT2D eigenvalue weighted by Crippen LogP contribution is 2.23. The van der Waals surface area contributed by atoms with Gasteiger partial charge in [-0.05, 0) is 63.3 Å². The van der Waals surface area contributed by atoms with Crippen LogP contribution in [0.2, 0.25) is 0 Å². The third-order valence-corrected chi connectivity index (χ3v) is 4.35. The van der Waals surface area contributed by atoms with E-state index in [-0.39, 0.29) is 5.91 Å². The van der Waals surface area contributed by atoms with E-state index in [2.05, 4.69) is 37.9 Å². The Balaban J connectivity index is 1.54. The lowest BCUT2D eigenvalue weighted by molar-refractivity contribution is 0.0945. The second-order valence-electron chi connectivity index (χ2n) is 6.73. The molecular weight excluding hydrogens is 328 g/mol. The van der Waals surface area contributed by atoms with Crippen LogP contribution in [0.25, 0.3) is 0 Å². The van der Waals surface area contributed by atoms with Crippen LogP contribution in [0.4, 0.5) is 17.2 Å². The lowest BCUT2D eigenvalue weighted by Crippen LogP contribution is -2.31. The fraction of sp³-hybridized carbons (Fsp3) is 0.421. The van der Waals surface area contributed by atoms with Crippen LogP contribution in [-0.4, -0.2) is 61.3 Å². The van der Waals surface area contributed by atoms with Crippen LogP contribution < -0.4 is 15.5 Å². The number of carbonyl (C=O) groups is 1. The van der Waals surface area contributed by atoms with Crippen LogP contribution in [0.3, 0.4) is 0 Å². The van der Waals surface area contributed by atoms with E-state index in [1.54, 1.807) is 12.1 Å². The predicted octanol–water partition coefficient (Wildman–Crippen LogP) is 2.11. The van der Waals surface area contributed by atoms with Crippen molar-refractivity contribution in [2.75, 3.05) is 50.5 Å². The summed E-state index contributed by atoms with van der Waals surface area (Å²) in [5.74, 6) is 0.407. The molecule has 1 aliphatic heterocycles. The monoisotopic (exact) mass is 354 g/mol. The van der Waals surface area contributed by atoms with Crippen molar-refractivity contribution in [3.05, 3.63) is 42.1 Å². The van der Waals surface area contributed by atoms with Crippen molar-refractivity contribution < 1.29 is 4.79 Å². The summed E-state index contributed by atoms with van der Waals surface area (Å²) in [5.41, 5.74) is 2.52. The van der Waals surface area contributed by atoms with Crippen molar-refractivity contribution in [1.29, 1.82) is 0 Å². The molecule has 138 valence electrons. The number of hydrogen-bond donors (Lipinski definition) is 2. The van der Waals surface area contributed by atoms with Crippen LogP contribution in [0.5, 0.6) is 0 Å². The van der Waals surface area contributed by atoms with Gasteiger partial charge < -0.3 is 20.4 Å². The van der Waals surface area contributed by atoms with E-state index < -0.39 is 0 Å². The van der Waals surface area contributed by atoms with Gasteiger partial charge in [0.15, 0.2) is 11.5 Å². The SMILES string of the molecule is CN(C)CCNC(=O)c1ccc(Nc2ccc(N3CCCC3)cc2)nn1. The molecule has 7 nitrogen and oxygen atoms in total. The topological polar surface area (TPSA) is 73.4 Å². The Morgan fingerprint density at radius 3 is 2.42 bits per heavy atom. The molecule has 0 aliphatic carbocycles. The summed E-state index contributed by atoms with van der Waals surface area (Å²) >= 11 is 0. The molecule has 1 amide bonds. The normalized spacial score (nSPS) is 13.9. The van der Waals surface area contributed by atoms with Gasteiger partial charge in [-0.1, -0.05) is 0 Å².